The van der Waals surface area contributed by atoms with Crippen molar-refractivity contribution in [2.75, 3.05) is 12.8 Å². The zero-order chi connectivity index (χ0) is 19.5. The van der Waals surface area contributed by atoms with E-state index in [9.17, 15) is 9.59 Å². The number of hydrogen-bond acceptors (Lipinski definition) is 5. The first-order valence-electron chi connectivity index (χ1n) is 10.5. The highest BCUT2D eigenvalue weighted by Gasteiger charge is 2.22. The van der Waals surface area contributed by atoms with Gasteiger partial charge in [0.15, 0.2) is 0 Å². The Morgan fingerprint density at radius 2 is 1.93 bits per heavy atom. The lowest BCUT2D eigenvalue weighted by Crippen LogP contribution is -2.38. The quantitative estimate of drug-likeness (QED) is 0.786. The number of thioether (sulfide) groups is 1. The van der Waals surface area contributed by atoms with Gasteiger partial charge in [-0.15, -0.1) is 23.1 Å². The van der Waals surface area contributed by atoms with Crippen molar-refractivity contribution in [1.29, 1.82) is 0 Å². The van der Waals surface area contributed by atoms with Gasteiger partial charge in [0, 0.05) is 18.0 Å². The predicted octanol–water partition coefficient (Wildman–Crippen LogP) is 4.28. The summed E-state index contributed by atoms with van der Waals surface area (Å²) in [6.07, 6.45) is 11.8. The highest BCUT2D eigenvalue weighted by atomic mass is 32.2. The molecule has 0 bridgehead atoms. The minimum Gasteiger partial charge on any atom is -0.342 e. The van der Waals surface area contributed by atoms with E-state index >= 15 is 0 Å². The van der Waals surface area contributed by atoms with Crippen LogP contribution in [0.3, 0.4) is 0 Å². The monoisotopic (exact) mass is 419 g/mol. The Hall–Kier alpha value is -1.34. The van der Waals surface area contributed by atoms with Gasteiger partial charge in [0.25, 0.3) is 5.56 Å². The van der Waals surface area contributed by atoms with Gasteiger partial charge in [0.05, 0.1) is 16.9 Å². The lowest BCUT2D eigenvalue weighted by Gasteiger charge is -2.29. The summed E-state index contributed by atoms with van der Waals surface area (Å²) in [6.45, 7) is 0. The van der Waals surface area contributed by atoms with Crippen LogP contribution >= 0.6 is 23.1 Å². The van der Waals surface area contributed by atoms with Gasteiger partial charge in [0.2, 0.25) is 5.91 Å². The summed E-state index contributed by atoms with van der Waals surface area (Å²) >= 11 is 3.21. The maximum Gasteiger partial charge on any atom is 0.259 e. The standard InChI is InChI=1S/C21H29N3O2S2/c1-24(14-8-5-3-2-4-6-9-14)18(25)13-27-12-17-22-20(26)19-15-10-7-11-16(15)28-21(19)23-17/h14H,2-13H2,1H3,(H,22,23,26). The SMILES string of the molecule is CN(C(=O)CSCc1nc2sc3c(c2c(=O)[nH]1)CCC3)C1CCCCCCC1. The highest BCUT2D eigenvalue weighted by molar-refractivity contribution is 7.99. The van der Waals surface area contributed by atoms with Crippen molar-refractivity contribution in [3.8, 4) is 0 Å². The molecule has 0 unspecified atom stereocenters. The number of nitrogens with zero attached hydrogens (tertiary/aromatic N) is 2. The number of H-pyrrole nitrogens is 1. The first-order valence-corrected chi connectivity index (χ1v) is 12.5. The molecule has 5 nitrogen and oxygen atoms in total. The van der Waals surface area contributed by atoms with Crippen molar-refractivity contribution >= 4 is 39.2 Å². The van der Waals surface area contributed by atoms with Crippen LogP contribution in [0.15, 0.2) is 4.79 Å². The molecule has 2 aliphatic carbocycles. The Kier molecular flexibility index (Phi) is 6.41. The van der Waals surface area contributed by atoms with Crippen molar-refractivity contribution in [3.63, 3.8) is 0 Å². The van der Waals surface area contributed by atoms with Gasteiger partial charge in [-0.2, -0.15) is 0 Å². The molecule has 1 amide bonds. The third kappa shape index (κ3) is 4.30. The third-order valence-corrected chi connectivity index (χ3v) is 8.22. The number of thiophene rings is 1. The van der Waals surface area contributed by atoms with E-state index in [1.807, 2.05) is 11.9 Å². The fourth-order valence-electron chi connectivity index (χ4n) is 4.48. The molecule has 7 heteroatoms. The summed E-state index contributed by atoms with van der Waals surface area (Å²) in [5.41, 5.74) is 1.20. The number of fused-ring (bicyclic) bond motifs is 3. The number of aryl methyl sites for hydroxylation is 2. The molecule has 2 aliphatic rings. The van der Waals surface area contributed by atoms with Crippen LogP contribution in [0.2, 0.25) is 0 Å². The molecule has 1 saturated carbocycles. The predicted molar refractivity (Wildman–Crippen MR) is 117 cm³/mol. The Bertz CT molecular complexity index is 897. The Labute approximate surface area is 174 Å². The first-order chi connectivity index (χ1) is 13.6. The van der Waals surface area contributed by atoms with Gasteiger partial charge >= 0.3 is 0 Å². The van der Waals surface area contributed by atoms with E-state index in [2.05, 4.69) is 9.97 Å². The number of amides is 1. The van der Waals surface area contributed by atoms with Crippen LogP contribution in [-0.2, 0) is 23.4 Å². The summed E-state index contributed by atoms with van der Waals surface area (Å²) < 4.78 is 0. The minimum absolute atomic E-state index is 0.0158. The maximum atomic E-state index is 12.6. The van der Waals surface area contributed by atoms with Crippen LogP contribution in [0.1, 0.15) is 67.6 Å². The van der Waals surface area contributed by atoms with Crippen molar-refractivity contribution in [1.82, 2.24) is 14.9 Å². The average Bonchev–Trinajstić information content (AvgIpc) is 3.21. The zero-order valence-corrected chi connectivity index (χ0v) is 18.2. The summed E-state index contributed by atoms with van der Waals surface area (Å²) in [6, 6.07) is 0.385. The molecular weight excluding hydrogens is 390 g/mol. The molecule has 28 heavy (non-hydrogen) atoms. The van der Waals surface area contributed by atoms with E-state index in [0.717, 1.165) is 42.3 Å². The van der Waals surface area contributed by atoms with Crippen LogP contribution in [0.5, 0.6) is 0 Å². The molecule has 0 atom stereocenters. The van der Waals surface area contributed by atoms with Crippen molar-refractivity contribution in [2.45, 2.75) is 76.0 Å². The fraction of sp³-hybridized carbons (Fsp3) is 0.667. The molecule has 4 rings (SSSR count). The molecule has 0 saturated heterocycles. The van der Waals surface area contributed by atoms with E-state index in [1.165, 1.54) is 42.5 Å². The average molecular weight is 420 g/mol. The fourth-order valence-corrected chi connectivity index (χ4v) is 6.57. The molecule has 2 aromatic heterocycles. The van der Waals surface area contributed by atoms with Crippen LogP contribution < -0.4 is 5.56 Å². The van der Waals surface area contributed by atoms with Crippen molar-refractivity contribution in [3.05, 3.63) is 26.6 Å². The molecule has 0 radical (unpaired) electrons. The summed E-state index contributed by atoms with van der Waals surface area (Å²) in [5.74, 6) is 1.88. The smallest absolute Gasteiger partial charge is 0.259 e. The maximum absolute atomic E-state index is 12.6. The van der Waals surface area contributed by atoms with Gasteiger partial charge in [-0.25, -0.2) is 4.98 Å². The van der Waals surface area contributed by atoms with E-state index < -0.39 is 0 Å². The number of nitrogens with one attached hydrogen (secondary N) is 1. The van der Waals surface area contributed by atoms with E-state index in [0.29, 0.717) is 23.4 Å². The van der Waals surface area contributed by atoms with Crippen LogP contribution in [0, 0.1) is 0 Å². The second-order valence-corrected chi connectivity index (χ2v) is 10.1. The van der Waals surface area contributed by atoms with E-state index in [1.54, 1.807) is 23.1 Å². The van der Waals surface area contributed by atoms with Crippen molar-refractivity contribution < 1.29 is 4.79 Å². The van der Waals surface area contributed by atoms with Gasteiger partial charge in [-0.1, -0.05) is 32.1 Å². The second-order valence-electron chi connectivity index (χ2n) is 8.05. The molecule has 1 fully saturated rings. The first kappa shape index (κ1) is 20.0. The topological polar surface area (TPSA) is 66.1 Å². The van der Waals surface area contributed by atoms with Gasteiger partial charge in [-0.3, -0.25) is 9.59 Å². The van der Waals surface area contributed by atoms with Gasteiger partial charge < -0.3 is 9.88 Å². The van der Waals surface area contributed by atoms with Crippen LogP contribution in [0.25, 0.3) is 10.2 Å². The van der Waals surface area contributed by atoms with Crippen LogP contribution in [-0.4, -0.2) is 39.6 Å². The summed E-state index contributed by atoms with van der Waals surface area (Å²) in [4.78, 5) is 36.9. The highest BCUT2D eigenvalue weighted by Crippen LogP contribution is 2.34. The second kappa shape index (κ2) is 8.99. The van der Waals surface area contributed by atoms with Crippen LogP contribution in [0.4, 0.5) is 0 Å². The lowest BCUT2D eigenvalue weighted by molar-refractivity contribution is -0.129. The number of rotatable bonds is 5. The molecule has 1 N–H and O–H groups in total. The largest absolute Gasteiger partial charge is 0.342 e. The minimum atomic E-state index is -0.0158. The lowest BCUT2D eigenvalue weighted by atomic mass is 9.96. The molecule has 2 heterocycles. The van der Waals surface area contributed by atoms with Gasteiger partial charge in [-0.05, 0) is 37.7 Å². The van der Waals surface area contributed by atoms with E-state index in [4.69, 9.17) is 0 Å². The molecular formula is C21H29N3O2S2. The molecule has 0 aliphatic heterocycles. The van der Waals surface area contributed by atoms with Crippen molar-refractivity contribution in [2.24, 2.45) is 0 Å². The normalized spacial score (nSPS) is 18.0. The molecule has 0 spiro atoms. The third-order valence-electron chi connectivity index (χ3n) is 6.10. The number of aromatic amines is 1. The molecule has 0 aromatic carbocycles. The Morgan fingerprint density at radius 1 is 1.18 bits per heavy atom. The molecule has 152 valence electrons. The molecule has 2 aromatic rings. The Morgan fingerprint density at radius 3 is 2.71 bits per heavy atom. The Balaban J connectivity index is 1.34. The zero-order valence-electron chi connectivity index (χ0n) is 16.6. The summed E-state index contributed by atoms with van der Waals surface area (Å²) in [7, 11) is 1.95. The number of aromatic nitrogens is 2. The van der Waals surface area contributed by atoms with Gasteiger partial charge in [0.1, 0.15) is 10.7 Å². The van der Waals surface area contributed by atoms with E-state index in [-0.39, 0.29) is 11.5 Å². The number of carbonyl (C=O) groups excluding carboxylic acids is 1. The summed E-state index contributed by atoms with van der Waals surface area (Å²) in [5, 5.41) is 0.798. The number of carbonyl (C=O) groups is 1. The number of hydrogen-bond donors (Lipinski definition) is 1.